The van der Waals surface area contributed by atoms with E-state index in [2.05, 4.69) is 5.32 Å². The average Bonchev–Trinajstić information content (AvgIpc) is 2.28. The number of rotatable bonds is 1. The van der Waals surface area contributed by atoms with Gasteiger partial charge in [0.05, 0.1) is 0 Å². The van der Waals surface area contributed by atoms with E-state index in [1.807, 2.05) is 24.0 Å². The summed E-state index contributed by atoms with van der Waals surface area (Å²) in [4.78, 5) is 14.0. The van der Waals surface area contributed by atoms with Crippen LogP contribution in [0.5, 0.6) is 0 Å². The SMILES string of the molecule is Cc1cc(N)cc(C(=O)N2CCNCC2)c1. The Morgan fingerprint density at radius 3 is 2.62 bits per heavy atom. The molecule has 2 rings (SSSR count). The number of benzene rings is 1. The van der Waals surface area contributed by atoms with Gasteiger partial charge in [0.15, 0.2) is 0 Å². The zero-order valence-electron chi connectivity index (χ0n) is 9.49. The van der Waals surface area contributed by atoms with Gasteiger partial charge in [0.25, 0.3) is 5.91 Å². The fourth-order valence-electron chi connectivity index (χ4n) is 1.99. The number of carbonyl (C=O) groups excluding carboxylic acids is 1. The molecule has 1 aromatic carbocycles. The van der Waals surface area contributed by atoms with Crippen LogP contribution in [0.15, 0.2) is 18.2 Å². The van der Waals surface area contributed by atoms with Gasteiger partial charge in [0, 0.05) is 37.4 Å². The molecule has 16 heavy (non-hydrogen) atoms. The molecule has 86 valence electrons. The summed E-state index contributed by atoms with van der Waals surface area (Å²) in [5.41, 5.74) is 8.12. The topological polar surface area (TPSA) is 58.4 Å². The quantitative estimate of drug-likeness (QED) is 0.681. The molecule has 0 bridgehead atoms. The van der Waals surface area contributed by atoms with Crippen LogP contribution in [-0.4, -0.2) is 37.0 Å². The Morgan fingerprint density at radius 2 is 2.00 bits per heavy atom. The van der Waals surface area contributed by atoms with E-state index in [1.165, 1.54) is 0 Å². The lowest BCUT2D eigenvalue weighted by Gasteiger charge is -2.27. The maximum Gasteiger partial charge on any atom is 0.254 e. The van der Waals surface area contributed by atoms with E-state index in [4.69, 9.17) is 5.73 Å². The van der Waals surface area contributed by atoms with Gasteiger partial charge in [-0.05, 0) is 30.7 Å². The Balaban J connectivity index is 2.19. The first-order valence-electron chi connectivity index (χ1n) is 5.54. The Hall–Kier alpha value is -1.55. The fraction of sp³-hybridized carbons (Fsp3) is 0.417. The van der Waals surface area contributed by atoms with Gasteiger partial charge >= 0.3 is 0 Å². The molecule has 1 aliphatic rings. The molecule has 0 atom stereocenters. The summed E-state index contributed by atoms with van der Waals surface area (Å²) >= 11 is 0. The van der Waals surface area contributed by atoms with Crippen molar-refractivity contribution in [2.75, 3.05) is 31.9 Å². The van der Waals surface area contributed by atoms with E-state index >= 15 is 0 Å². The van der Waals surface area contributed by atoms with Gasteiger partial charge in [-0.25, -0.2) is 0 Å². The van der Waals surface area contributed by atoms with E-state index in [-0.39, 0.29) is 5.91 Å². The molecular formula is C12H17N3O. The highest BCUT2D eigenvalue weighted by Crippen LogP contribution is 2.13. The highest BCUT2D eigenvalue weighted by atomic mass is 16.2. The average molecular weight is 219 g/mol. The molecule has 0 saturated carbocycles. The summed E-state index contributed by atoms with van der Waals surface area (Å²) in [6.07, 6.45) is 0. The van der Waals surface area contributed by atoms with Gasteiger partial charge in [-0.15, -0.1) is 0 Å². The third-order valence-corrected chi connectivity index (χ3v) is 2.75. The van der Waals surface area contributed by atoms with Crippen LogP contribution in [0.2, 0.25) is 0 Å². The lowest BCUT2D eigenvalue weighted by atomic mass is 10.1. The minimum absolute atomic E-state index is 0.0805. The summed E-state index contributed by atoms with van der Waals surface area (Å²) in [7, 11) is 0. The maximum atomic E-state index is 12.1. The monoisotopic (exact) mass is 219 g/mol. The lowest BCUT2D eigenvalue weighted by Crippen LogP contribution is -2.46. The van der Waals surface area contributed by atoms with E-state index in [0.717, 1.165) is 31.7 Å². The molecule has 0 spiro atoms. The Bertz CT molecular complexity index is 377. The van der Waals surface area contributed by atoms with Gasteiger partial charge in [-0.3, -0.25) is 4.79 Å². The standard InChI is InChI=1S/C12H17N3O/c1-9-6-10(8-11(13)7-9)12(16)15-4-2-14-3-5-15/h6-8,14H,2-5,13H2,1H3. The van der Waals surface area contributed by atoms with Crippen molar-refractivity contribution in [2.24, 2.45) is 0 Å². The molecule has 0 aliphatic carbocycles. The van der Waals surface area contributed by atoms with Crippen molar-refractivity contribution in [3.8, 4) is 0 Å². The largest absolute Gasteiger partial charge is 0.399 e. The minimum atomic E-state index is 0.0805. The molecule has 1 fully saturated rings. The maximum absolute atomic E-state index is 12.1. The van der Waals surface area contributed by atoms with Crippen LogP contribution >= 0.6 is 0 Å². The Labute approximate surface area is 95.4 Å². The number of nitrogens with two attached hydrogens (primary N) is 1. The summed E-state index contributed by atoms with van der Waals surface area (Å²) < 4.78 is 0. The number of nitrogen functional groups attached to an aromatic ring is 1. The third kappa shape index (κ3) is 2.33. The second-order valence-corrected chi connectivity index (χ2v) is 4.17. The molecule has 0 unspecified atom stereocenters. The summed E-state index contributed by atoms with van der Waals surface area (Å²) in [5, 5.41) is 3.23. The summed E-state index contributed by atoms with van der Waals surface area (Å²) in [5.74, 6) is 0.0805. The van der Waals surface area contributed by atoms with Gasteiger partial charge in [0.2, 0.25) is 0 Å². The van der Waals surface area contributed by atoms with Gasteiger partial charge in [-0.2, -0.15) is 0 Å². The first-order valence-corrected chi connectivity index (χ1v) is 5.54. The van der Waals surface area contributed by atoms with Crippen LogP contribution in [0, 0.1) is 6.92 Å². The van der Waals surface area contributed by atoms with E-state index < -0.39 is 0 Å². The second kappa shape index (κ2) is 4.53. The number of anilines is 1. The second-order valence-electron chi connectivity index (χ2n) is 4.17. The smallest absolute Gasteiger partial charge is 0.254 e. The predicted octanol–water partition coefficient (Wildman–Crippen LogP) is 0.623. The number of aryl methyl sites for hydroxylation is 1. The predicted molar refractivity (Wildman–Crippen MR) is 64.4 cm³/mol. The zero-order chi connectivity index (χ0) is 11.5. The number of hydrogen-bond acceptors (Lipinski definition) is 3. The van der Waals surface area contributed by atoms with E-state index in [1.54, 1.807) is 6.07 Å². The van der Waals surface area contributed by atoms with Crippen molar-refractivity contribution in [3.05, 3.63) is 29.3 Å². The third-order valence-electron chi connectivity index (χ3n) is 2.75. The molecule has 1 aromatic rings. The summed E-state index contributed by atoms with van der Waals surface area (Å²) in [6, 6.07) is 5.51. The molecule has 0 aromatic heterocycles. The van der Waals surface area contributed by atoms with Crippen LogP contribution < -0.4 is 11.1 Å². The molecule has 1 saturated heterocycles. The normalized spacial score (nSPS) is 16.2. The lowest BCUT2D eigenvalue weighted by molar-refractivity contribution is 0.0736. The Kier molecular flexibility index (Phi) is 3.10. The Morgan fingerprint density at radius 1 is 1.31 bits per heavy atom. The van der Waals surface area contributed by atoms with Gasteiger partial charge in [-0.1, -0.05) is 0 Å². The fourth-order valence-corrected chi connectivity index (χ4v) is 1.99. The number of nitrogens with zero attached hydrogens (tertiary/aromatic N) is 1. The van der Waals surface area contributed by atoms with Gasteiger partial charge in [0.1, 0.15) is 0 Å². The first kappa shape index (κ1) is 11.0. The van der Waals surface area contributed by atoms with E-state index in [9.17, 15) is 4.79 Å². The number of piperazine rings is 1. The van der Waals surface area contributed by atoms with Crippen molar-refractivity contribution in [1.29, 1.82) is 0 Å². The van der Waals surface area contributed by atoms with Crippen molar-refractivity contribution in [2.45, 2.75) is 6.92 Å². The van der Waals surface area contributed by atoms with Crippen molar-refractivity contribution in [1.82, 2.24) is 10.2 Å². The number of nitrogens with one attached hydrogen (secondary N) is 1. The van der Waals surface area contributed by atoms with Crippen LogP contribution in [0.4, 0.5) is 5.69 Å². The molecule has 4 nitrogen and oxygen atoms in total. The van der Waals surface area contributed by atoms with Crippen LogP contribution in [0.3, 0.4) is 0 Å². The van der Waals surface area contributed by atoms with E-state index in [0.29, 0.717) is 11.3 Å². The van der Waals surface area contributed by atoms with Crippen LogP contribution in [-0.2, 0) is 0 Å². The highest BCUT2D eigenvalue weighted by molar-refractivity contribution is 5.95. The van der Waals surface area contributed by atoms with Crippen molar-refractivity contribution < 1.29 is 4.79 Å². The van der Waals surface area contributed by atoms with Crippen molar-refractivity contribution >= 4 is 11.6 Å². The number of carbonyl (C=O) groups is 1. The molecular weight excluding hydrogens is 202 g/mol. The highest BCUT2D eigenvalue weighted by Gasteiger charge is 2.18. The molecule has 1 amide bonds. The molecule has 0 radical (unpaired) electrons. The first-order chi connectivity index (χ1) is 7.66. The van der Waals surface area contributed by atoms with Crippen molar-refractivity contribution in [3.63, 3.8) is 0 Å². The number of amides is 1. The molecule has 1 heterocycles. The van der Waals surface area contributed by atoms with Gasteiger partial charge < -0.3 is 16.0 Å². The zero-order valence-corrected chi connectivity index (χ0v) is 9.49. The summed E-state index contributed by atoms with van der Waals surface area (Å²) in [6.45, 7) is 5.23. The molecule has 3 N–H and O–H groups in total. The minimum Gasteiger partial charge on any atom is -0.399 e. The molecule has 1 aliphatic heterocycles. The van der Waals surface area contributed by atoms with Crippen LogP contribution in [0.25, 0.3) is 0 Å². The van der Waals surface area contributed by atoms with Crippen LogP contribution in [0.1, 0.15) is 15.9 Å². The number of hydrogen-bond donors (Lipinski definition) is 2. The molecule has 4 heteroatoms.